The molecule has 2 N–H and O–H groups in total. The van der Waals surface area contributed by atoms with E-state index in [0.29, 0.717) is 12.4 Å². The number of hydrogen-bond donors (Lipinski definition) is 1. The van der Waals surface area contributed by atoms with Gasteiger partial charge >= 0.3 is 0 Å². The average Bonchev–Trinajstić information content (AvgIpc) is 3.10. The fraction of sp³-hybridized carbons (Fsp3) is 0.158. The Bertz CT molecular complexity index is 882. The Morgan fingerprint density at radius 2 is 2.00 bits per heavy atom. The lowest BCUT2D eigenvalue weighted by Crippen LogP contribution is -2.23. The zero-order chi connectivity index (χ0) is 15.8. The summed E-state index contributed by atoms with van der Waals surface area (Å²) >= 11 is 0. The highest BCUT2D eigenvalue weighted by molar-refractivity contribution is 5.81. The highest BCUT2D eigenvalue weighted by Gasteiger charge is 2.30. The van der Waals surface area contributed by atoms with Gasteiger partial charge in [0.1, 0.15) is 5.58 Å². The fourth-order valence-electron chi connectivity index (χ4n) is 3.05. The number of fused-ring (bicyclic) bond motifs is 1. The molecule has 1 unspecified atom stereocenters. The van der Waals surface area contributed by atoms with E-state index in [9.17, 15) is 0 Å². The molecule has 0 saturated carbocycles. The minimum atomic E-state index is -0.0563. The summed E-state index contributed by atoms with van der Waals surface area (Å²) in [5.41, 5.74) is 10.3. The van der Waals surface area contributed by atoms with E-state index in [0.717, 1.165) is 16.5 Å². The molecule has 1 aromatic heterocycles. The molecule has 0 radical (unpaired) electrons. The first kappa shape index (κ1) is 13.9. The van der Waals surface area contributed by atoms with Gasteiger partial charge in [0.05, 0.1) is 18.8 Å². The lowest BCUT2D eigenvalue weighted by atomic mass is 10.0. The zero-order valence-corrected chi connectivity index (χ0v) is 12.9. The lowest BCUT2D eigenvalue weighted by molar-refractivity contribution is -0.127. The Morgan fingerprint density at radius 1 is 1.13 bits per heavy atom. The molecule has 116 valence electrons. The molecule has 2 aromatic carbocycles. The van der Waals surface area contributed by atoms with Gasteiger partial charge in [0.15, 0.2) is 0 Å². The molecule has 2 heterocycles. The van der Waals surface area contributed by atoms with Gasteiger partial charge in [0.25, 0.3) is 0 Å². The van der Waals surface area contributed by atoms with Gasteiger partial charge in [0, 0.05) is 17.0 Å². The van der Waals surface area contributed by atoms with E-state index in [-0.39, 0.29) is 6.04 Å². The van der Waals surface area contributed by atoms with Crippen molar-refractivity contribution in [3.8, 4) is 0 Å². The van der Waals surface area contributed by atoms with Gasteiger partial charge in [0.2, 0.25) is 5.88 Å². The molecule has 0 spiro atoms. The second-order valence-corrected chi connectivity index (χ2v) is 5.86. The molecular formula is C19H18N2O2. The average molecular weight is 306 g/mol. The van der Waals surface area contributed by atoms with E-state index in [4.69, 9.17) is 15.0 Å². The topological polar surface area (TPSA) is 51.6 Å². The van der Waals surface area contributed by atoms with E-state index < -0.39 is 0 Å². The molecule has 0 saturated heterocycles. The third-order valence-corrected chi connectivity index (χ3v) is 4.11. The molecule has 4 nitrogen and oxygen atoms in total. The summed E-state index contributed by atoms with van der Waals surface area (Å²) in [5, 5.41) is 2.97. The van der Waals surface area contributed by atoms with Crippen molar-refractivity contribution in [3.05, 3.63) is 83.4 Å². The van der Waals surface area contributed by atoms with Crippen LogP contribution in [-0.2, 0) is 11.4 Å². The van der Waals surface area contributed by atoms with Crippen molar-refractivity contribution in [2.75, 3.05) is 0 Å². The van der Waals surface area contributed by atoms with E-state index in [1.165, 1.54) is 11.1 Å². The smallest absolute Gasteiger partial charge is 0.207 e. The Morgan fingerprint density at radius 3 is 2.87 bits per heavy atom. The maximum atomic E-state index is 5.92. The van der Waals surface area contributed by atoms with Crippen LogP contribution in [0.4, 0.5) is 0 Å². The molecule has 1 aliphatic rings. The standard InChI is InChI=1S/C19H18N2O2/c1-13-5-4-6-14(9-13)11-21-17(10-19(20)23-21)16-12-22-18-8-3-2-7-15(16)18/h2-10,12,17H,11,20H2,1H3. The maximum absolute atomic E-state index is 5.92. The predicted molar refractivity (Wildman–Crippen MR) is 89.0 cm³/mol. The first-order valence-corrected chi connectivity index (χ1v) is 7.64. The highest BCUT2D eigenvalue weighted by Crippen LogP contribution is 2.36. The molecule has 1 aliphatic heterocycles. The Balaban J connectivity index is 1.68. The third kappa shape index (κ3) is 2.58. The van der Waals surface area contributed by atoms with Crippen LogP contribution in [0.25, 0.3) is 11.0 Å². The molecule has 3 aromatic rings. The summed E-state index contributed by atoms with van der Waals surface area (Å²) in [6.07, 6.45) is 3.71. The Hall–Kier alpha value is -2.72. The number of rotatable bonds is 3. The maximum Gasteiger partial charge on any atom is 0.207 e. The van der Waals surface area contributed by atoms with Crippen molar-refractivity contribution < 1.29 is 9.25 Å². The number of nitrogens with two attached hydrogens (primary N) is 1. The summed E-state index contributed by atoms with van der Waals surface area (Å²) in [5.74, 6) is 0.424. The number of furan rings is 1. The van der Waals surface area contributed by atoms with Crippen LogP contribution in [0, 0.1) is 6.92 Å². The number of hydrogen-bond acceptors (Lipinski definition) is 4. The highest BCUT2D eigenvalue weighted by atomic mass is 16.7. The van der Waals surface area contributed by atoms with Crippen LogP contribution < -0.4 is 5.73 Å². The quantitative estimate of drug-likeness (QED) is 0.793. The van der Waals surface area contributed by atoms with Gasteiger partial charge in [-0.15, -0.1) is 5.06 Å². The van der Waals surface area contributed by atoms with Crippen LogP contribution in [-0.4, -0.2) is 5.06 Å². The predicted octanol–water partition coefficient (Wildman–Crippen LogP) is 4.03. The minimum Gasteiger partial charge on any atom is -0.464 e. The molecule has 1 atom stereocenters. The van der Waals surface area contributed by atoms with Crippen molar-refractivity contribution in [3.63, 3.8) is 0 Å². The number of aryl methyl sites for hydroxylation is 1. The third-order valence-electron chi connectivity index (χ3n) is 4.11. The van der Waals surface area contributed by atoms with E-state index in [1.807, 2.05) is 29.3 Å². The van der Waals surface area contributed by atoms with Crippen LogP contribution in [0.15, 0.2) is 71.2 Å². The minimum absolute atomic E-state index is 0.0563. The second kappa shape index (κ2) is 5.48. The van der Waals surface area contributed by atoms with Crippen LogP contribution in [0.5, 0.6) is 0 Å². The molecular weight excluding hydrogens is 288 g/mol. The van der Waals surface area contributed by atoms with Crippen LogP contribution in [0.3, 0.4) is 0 Å². The van der Waals surface area contributed by atoms with Gasteiger partial charge < -0.3 is 15.0 Å². The molecule has 23 heavy (non-hydrogen) atoms. The van der Waals surface area contributed by atoms with Crippen molar-refractivity contribution in [2.45, 2.75) is 19.5 Å². The van der Waals surface area contributed by atoms with Crippen LogP contribution in [0.1, 0.15) is 22.7 Å². The summed E-state index contributed by atoms with van der Waals surface area (Å²) in [6, 6.07) is 16.3. The first-order valence-electron chi connectivity index (χ1n) is 7.64. The van der Waals surface area contributed by atoms with Crippen LogP contribution >= 0.6 is 0 Å². The van der Waals surface area contributed by atoms with Crippen LogP contribution in [0.2, 0.25) is 0 Å². The van der Waals surface area contributed by atoms with Gasteiger partial charge in [-0.25, -0.2) is 0 Å². The van der Waals surface area contributed by atoms with Gasteiger partial charge in [-0.1, -0.05) is 48.0 Å². The lowest BCUT2D eigenvalue weighted by Gasteiger charge is -2.22. The molecule has 0 bridgehead atoms. The Labute approximate surface area is 134 Å². The van der Waals surface area contributed by atoms with Crippen molar-refractivity contribution in [2.24, 2.45) is 5.73 Å². The number of hydroxylamine groups is 2. The summed E-state index contributed by atoms with van der Waals surface area (Å²) in [7, 11) is 0. The number of para-hydroxylation sites is 1. The van der Waals surface area contributed by atoms with Gasteiger partial charge in [-0.2, -0.15) is 0 Å². The fourth-order valence-corrected chi connectivity index (χ4v) is 3.05. The van der Waals surface area contributed by atoms with Gasteiger partial charge in [-0.3, -0.25) is 0 Å². The first-order chi connectivity index (χ1) is 11.2. The number of nitrogens with zero attached hydrogens (tertiary/aromatic N) is 1. The van der Waals surface area contributed by atoms with Crippen molar-refractivity contribution >= 4 is 11.0 Å². The SMILES string of the molecule is Cc1cccc(CN2OC(N)=CC2c2coc3ccccc23)c1. The summed E-state index contributed by atoms with van der Waals surface area (Å²) in [4.78, 5) is 5.72. The van der Waals surface area contributed by atoms with Gasteiger partial charge in [-0.05, 0) is 18.6 Å². The summed E-state index contributed by atoms with van der Waals surface area (Å²) in [6.45, 7) is 2.74. The van der Waals surface area contributed by atoms with E-state index in [1.54, 1.807) is 6.26 Å². The van der Waals surface area contributed by atoms with Crippen molar-refractivity contribution in [1.29, 1.82) is 0 Å². The zero-order valence-electron chi connectivity index (χ0n) is 12.9. The number of benzene rings is 2. The van der Waals surface area contributed by atoms with E-state index in [2.05, 4.69) is 37.3 Å². The summed E-state index contributed by atoms with van der Waals surface area (Å²) < 4.78 is 5.66. The largest absolute Gasteiger partial charge is 0.464 e. The molecule has 0 fully saturated rings. The normalized spacial score (nSPS) is 18.1. The molecule has 0 aliphatic carbocycles. The Kier molecular flexibility index (Phi) is 3.32. The molecule has 4 rings (SSSR count). The molecule has 4 heteroatoms. The molecule has 0 amide bonds. The second-order valence-electron chi connectivity index (χ2n) is 5.86. The van der Waals surface area contributed by atoms with E-state index >= 15 is 0 Å². The monoisotopic (exact) mass is 306 g/mol. The van der Waals surface area contributed by atoms with Crippen molar-refractivity contribution in [1.82, 2.24) is 5.06 Å².